The van der Waals surface area contributed by atoms with Gasteiger partial charge in [-0.3, -0.25) is 9.78 Å². The fourth-order valence-corrected chi connectivity index (χ4v) is 1.79. The fourth-order valence-electron chi connectivity index (χ4n) is 1.79. The highest BCUT2D eigenvalue weighted by Gasteiger charge is 2.07. The van der Waals surface area contributed by atoms with Gasteiger partial charge in [0, 0.05) is 19.3 Å². The molecule has 0 amide bonds. The van der Waals surface area contributed by atoms with Crippen molar-refractivity contribution in [2.24, 2.45) is 0 Å². The Morgan fingerprint density at radius 2 is 2.32 bits per heavy atom. The first kappa shape index (κ1) is 11.4. The largest absolute Gasteiger partial charge is 0.369 e. The number of anilines is 2. The minimum atomic E-state index is 0.218. The van der Waals surface area contributed by atoms with Crippen LogP contribution in [0.4, 0.5) is 11.8 Å². The molecule has 3 aromatic heterocycles. The van der Waals surface area contributed by atoms with Gasteiger partial charge in [0.2, 0.25) is 5.95 Å². The van der Waals surface area contributed by atoms with Crippen LogP contribution in [0.2, 0.25) is 0 Å². The van der Waals surface area contributed by atoms with E-state index in [1.165, 1.54) is 0 Å². The van der Waals surface area contributed by atoms with Crippen molar-refractivity contribution in [2.75, 3.05) is 17.6 Å². The Morgan fingerprint density at radius 3 is 3.16 bits per heavy atom. The van der Waals surface area contributed by atoms with E-state index in [0.717, 1.165) is 24.9 Å². The molecule has 3 heterocycles. The van der Waals surface area contributed by atoms with Crippen molar-refractivity contribution in [3.05, 3.63) is 18.6 Å². The minimum absolute atomic E-state index is 0.218. The normalized spacial score (nSPS) is 10.9. The smallest absolute Gasteiger partial charge is 0.224 e. The fraction of sp³-hybridized carbons (Fsp3) is 0.300. The molecule has 0 bridgehead atoms. The van der Waals surface area contributed by atoms with Gasteiger partial charge in [-0.1, -0.05) is 5.21 Å². The molecule has 0 aliphatic heterocycles. The van der Waals surface area contributed by atoms with E-state index < -0.39 is 0 Å². The highest BCUT2D eigenvalue weighted by molar-refractivity contribution is 5.86. The summed E-state index contributed by atoms with van der Waals surface area (Å²) in [5.41, 5.74) is 6.26. The summed E-state index contributed by atoms with van der Waals surface area (Å²) in [5.74, 6) is 0.908. The van der Waals surface area contributed by atoms with Gasteiger partial charge in [-0.05, 0) is 6.42 Å². The first-order valence-corrected chi connectivity index (χ1v) is 5.87. The predicted molar refractivity (Wildman–Crippen MR) is 69.2 cm³/mol. The van der Waals surface area contributed by atoms with Gasteiger partial charge < -0.3 is 11.1 Å². The number of hydrogen-bond acceptors (Lipinski definition) is 7. The molecule has 3 rings (SSSR count). The van der Waals surface area contributed by atoms with Crippen LogP contribution in [0.5, 0.6) is 0 Å². The first-order valence-electron chi connectivity index (χ1n) is 5.87. The molecule has 0 aromatic carbocycles. The average molecular weight is 259 g/mol. The van der Waals surface area contributed by atoms with Crippen molar-refractivity contribution < 1.29 is 0 Å². The second-order valence-electron chi connectivity index (χ2n) is 4.01. The second kappa shape index (κ2) is 4.88. The molecule has 0 aliphatic rings. The highest BCUT2D eigenvalue weighted by atomic mass is 15.4. The summed E-state index contributed by atoms with van der Waals surface area (Å²) in [6.45, 7) is 1.54. The Bertz CT molecular complexity index is 657. The Labute approximate surface area is 108 Å². The van der Waals surface area contributed by atoms with E-state index in [1.54, 1.807) is 17.1 Å². The topological polar surface area (TPSA) is 123 Å². The summed E-state index contributed by atoms with van der Waals surface area (Å²) >= 11 is 0. The van der Waals surface area contributed by atoms with Crippen molar-refractivity contribution in [1.82, 2.24) is 35.2 Å². The van der Waals surface area contributed by atoms with Crippen LogP contribution in [0.15, 0.2) is 18.6 Å². The van der Waals surface area contributed by atoms with E-state index in [1.807, 2.05) is 6.20 Å². The lowest BCUT2D eigenvalue weighted by atomic mass is 10.3. The predicted octanol–water partition coefficient (Wildman–Crippen LogP) is 0.0288. The van der Waals surface area contributed by atoms with Gasteiger partial charge in [0.25, 0.3) is 0 Å². The molecule has 0 spiro atoms. The molecule has 4 N–H and O–H groups in total. The molecule has 9 nitrogen and oxygen atoms in total. The third-order valence-corrected chi connectivity index (χ3v) is 2.66. The van der Waals surface area contributed by atoms with Crippen LogP contribution in [0.25, 0.3) is 11.0 Å². The first-order chi connectivity index (χ1) is 9.33. The number of nitrogens with zero attached hydrogens (tertiary/aromatic N) is 6. The molecule has 0 saturated heterocycles. The number of fused-ring (bicyclic) bond motifs is 1. The van der Waals surface area contributed by atoms with E-state index >= 15 is 0 Å². The van der Waals surface area contributed by atoms with Gasteiger partial charge >= 0.3 is 0 Å². The quantitative estimate of drug-likeness (QED) is 0.552. The molecule has 9 heteroatoms. The van der Waals surface area contributed by atoms with E-state index in [4.69, 9.17) is 5.73 Å². The van der Waals surface area contributed by atoms with E-state index in [9.17, 15) is 0 Å². The average Bonchev–Trinajstić information content (AvgIpc) is 3.04. The van der Waals surface area contributed by atoms with Gasteiger partial charge in [-0.15, -0.1) is 5.10 Å². The van der Waals surface area contributed by atoms with Gasteiger partial charge in [-0.2, -0.15) is 15.1 Å². The summed E-state index contributed by atoms with van der Waals surface area (Å²) in [6.07, 6.45) is 6.06. The Morgan fingerprint density at radius 1 is 1.37 bits per heavy atom. The van der Waals surface area contributed by atoms with E-state index in [0.29, 0.717) is 11.5 Å². The maximum Gasteiger partial charge on any atom is 0.224 e. The number of aryl methyl sites for hydroxylation is 1. The third kappa shape index (κ3) is 2.44. The number of nitrogen functional groups attached to an aromatic ring is 1. The SMILES string of the molecule is Nc1nc(NCCCn2ccnn2)c2cn[nH]c2n1. The maximum absolute atomic E-state index is 5.63. The molecular weight excluding hydrogens is 246 g/mol. The lowest BCUT2D eigenvalue weighted by Gasteiger charge is -2.06. The van der Waals surface area contributed by atoms with Crippen LogP contribution in [0.3, 0.4) is 0 Å². The molecule has 19 heavy (non-hydrogen) atoms. The lowest BCUT2D eigenvalue weighted by Crippen LogP contribution is -2.09. The molecular formula is C10H13N9. The van der Waals surface area contributed by atoms with Crippen molar-refractivity contribution in [1.29, 1.82) is 0 Å². The molecule has 0 unspecified atom stereocenters. The highest BCUT2D eigenvalue weighted by Crippen LogP contribution is 2.18. The Balaban J connectivity index is 1.63. The summed E-state index contributed by atoms with van der Waals surface area (Å²) in [4.78, 5) is 8.22. The van der Waals surface area contributed by atoms with Crippen molar-refractivity contribution >= 4 is 22.8 Å². The number of rotatable bonds is 5. The number of aromatic amines is 1. The standard InChI is InChI=1S/C10H13N9/c11-10-15-8(7-6-14-17-9(7)16-10)12-2-1-4-19-5-3-13-18-19/h3,5-6H,1-2,4H2,(H4,11,12,14,15,16,17). The van der Waals surface area contributed by atoms with Crippen molar-refractivity contribution in [3.63, 3.8) is 0 Å². The zero-order valence-electron chi connectivity index (χ0n) is 10.1. The number of nitrogens with one attached hydrogen (secondary N) is 2. The van der Waals surface area contributed by atoms with E-state index in [-0.39, 0.29) is 5.95 Å². The summed E-state index contributed by atoms with van der Waals surface area (Å²) in [6, 6.07) is 0. The maximum atomic E-state index is 5.63. The molecule has 0 aliphatic carbocycles. The number of aromatic nitrogens is 7. The molecule has 0 fully saturated rings. The Hall–Kier alpha value is -2.71. The van der Waals surface area contributed by atoms with Crippen LogP contribution >= 0.6 is 0 Å². The zero-order chi connectivity index (χ0) is 13.1. The van der Waals surface area contributed by atoms with Gasteiger partial charge in [0.15, 0.2) is 5.65 Å². The molecule has 98 valence electrons. The van der Waals surface area contributed by atoms with E-state index in [2.05, 4.69) is 35.8 Å². The number of H-pyrrole nitrogens is 1. The van der Waals surface area contributed by atoms with Crippen molar-refractivity contribution in [2.45, 2.75) is 13.0 Å². The number of hydrogen-bond donors (Lipinski definition) is 3. The molecule has 0 atom stereocenters. The summed E-state index contributed by atoms with van der Waals surface area (Å²) in [7, 11) is 0. The van der Waals surface area contributed by atoms with Gasteiger partial charge in [-0.25, -0.2) is 0 Å². The third-order valence-electron chi connectivity index (χ3n) is 2.66. The van der Waals surface area contributed by atoms with Crippen LogP contribution < -0.4 is 11.1 Å². The molecule has 3 aromatic rings. The summed E-state index contributed by atoms with van der Waals surface area (Å²) < 4.78 is 1.78. The van der Waals surface area contributed by atoms with Gasteiger partial charge in [0.05, 0.1) is 17.8 Å². The zero-order valence-corrected chi connectivity index (χ0v) is 10.1. The monoisotopic (exact) mass is 259 g/mol. The van der Waals surface area contributed by atoms with Crippen LogP contribution in [-0.4, -0.2) is 41.7 Å². The Kier molecular flexibility index (Phi) is 2.93. The second-order valence-corrected chi connectivity index (χ2v) is 4.01. The number of nitrogens with two attached hydrogens (primary N) is 1. The minimum Gasteiger partial charge on any atom is -0.369 e. The van der Waals surface area contributed by atoms with Crippen LogP contribution in [0, 0.1) is 0 Å². The van der Waals surface area contributed by atoms with Crippen molar-refractivity contribution in [3.8, 4) is 0 Å². The summed E-state index contributed by atoms with van der Waals surface area (Å²) in [5, 5.41) is 18.4. The van der Waals surface area contributed by atoms with Crippen LogP contribution in [0.1, 0.15) is 6.42 Å². The molecule has 0 radical (unpaired) electrons. The van der Waals surface area contributed by atoms with Crippen LogP contribution in [-0.2, 0) is 6.54 Å². The van der Waals surface area contributed by atoms with Gasteiger partial charge in [0.1, 0.15) is 5.82 Å². The molecule has 0 saturated carbocycles. The lowest BCUT2D eigenvalue weighted by molar-refractivity contribution is 0.569.